The summed E-state index contributed by atoms with van der Waals surface area (Å²) in [6, 6.07) is 10.8. The van der Waals surface area contributed by atoms with Crippen LogP contribution in [0.2, 0.25) is 0 Å². The largest absolute Gasteiger partial charge is 0.380 e. The van der Waals surface area contributed by atoms with E-state index in [9.17, 15) is 13.2 Å². The first-order valence-corrected chi connectivity index (χ1v) is 11.1. The Morgan fingerprint density at radius 3 is 2.53 bits per heavy atom. The fourth-order valence-corrected chi connectivity index (χ4v) is 4.66. The molecule has 0 amide bonds. The van der Waals surface area contributed by atoms with E-state index in [0.29, 0.717) is 19.6 Å². The molecule has 0 unspecified atom stereocenters. The van der Waals surface area contributed by atoms with E-state index < -0.39 is 13.0 Å². The van der Waals surface area contributed by atoms with Crippen molar-refractivity contribution in [1.29, 1.82) is 0 Å². The molecule has 32 heavy (non-hydrogen) atoms. The Morgan fingerprint density at radius 2 is 1.84 bits per heavy atom. The minimum Gasteiger partial charge on any atom is -0.380 e. The van der Waals surface area contributed by atoms with E-state index in [2.05, 4.69) is 23.1 Å². The zero-order valence-electron chi connectivity index (χ0n) is 18.7. The zero-order valence-corrected chi connectivity index (χ0v) is 18.7. The summed E-state index contributed by atoms with van der Waals surface area (Å²) in [6.45, 7) is 4.62. The molecule has 0 aliphatic carbocycles. The van der Waals surface area contributed by atoms with Gasteiger partial charge >= 0.3 is 0 Å². The molecule has 1 saturated heterocycles. The lowest BCUT2D eigenvalue weighted by molar-refractivity contribution is 0.0513. The van der Waals surface area contributed by atoms with Gasteiger partial charge in [0.05, 0.1) is 18.7 Å². The Hall–Kier alpha value is -2.38. The highest BCUT2D eigenvalue weighted by Gasteiger charge is 2.35. The van der Waals surface area contributed by atoms with E-state index >= 15 is 0 Å². The number of halogens is 3. The van der Waals surface area contributed by atoms with Gasteiger partial charge in [0.25, 0.3) is 6.43 Å². The number of ether oxygens (including phenoxy) is 1. The molecule has 2 heterocycles. The van der Waals surface area contributed by atoms with E-state index in [1.54, 1.807) is 6.20 Å². The molecular weight excluding hydrogens is 415 g/mol. The predicted octanol–water partition coefficient (Wildman–Crippen LogP) is 4.97. The van der Waals surface area contributed by atoms with Crippen molar-refractivity contribution in [3.8, 4) is 0 Å². The van der Waals surface area contributed by atoms with Crippen LogP contribution >= 0.6 is 0 Å². The number of benzene rings is 2. The van der Waals surface area contributed by atoms with Crippen molar-refractivity contribution >= 4 is 10.9 Å². The molecule has 1 aliphatic heterocycles. The second-order valence-electron chi connectivity index (χ2n) is 9.00. The molecular formula is C25H30F3N3O. The quantitative estimate of drug-likeness (QED) is 0.459. The van der Waals surface area contributed by atoms with Crippen molar-refractivity contribution in [2.75, 3.05) is 33.4 Å². The second kappa shape index (κ2) is 9.63. The first-order chi connectivity index (χ1) is 15.3. The molecule has 0 N–H and O–H groups in total. The molecule has 3 aromatic rings. The molecule has 4 nitrogen and oxygen atoms in total. The molecule has 2 aromatic carbocycles. The van der Waals surface area contributed by atoms with Gasteiger partial charge < -0.3 is 9.64 Å². The van der Waals surface area contributed by atoms with Gasteiger partial charge in [0, 0.05) is 17.0 Å². The van der Waals surface area contributed by atoms with Crippen LogP contribution in [-0.4, -0.2) is 54.5 Å². The number of alkyl halides is 2. The molecule has 1 fully saturated rings. The van der Waals surface area contributed by atoms with Gasteiger partial charge in [-0.15, -0.1) is 0 Å². The molecule has 1 aromatic heterocycles. The number of hydrogen-bond acceptors (Lipinski definition) is 3. The minimum absolute atomic E-state index is 0.124. The van der Waals surface area contributed by atoms with Crippen LogP contribution in [0.3, 0.4) is 0 Å². The first kappa shape index (κ1) is 22.8. The van der Waals surface area contributed by atoms with Crippen LogP contribution in [0.25, 0.3) is 10.9 Å². The SMILES string of the molecule is Cc1cc(CCOCC2(c3ccc(F)cc3)CCN(C)CC2)c2nn(CC(F)F)cc2c1. The highest BCUT2D eigenvalue weighted by atomic mass is 19.3. The third-order valence-corrected chi connectivity index (χ3v) is 6.50. The monoisotopic (exact) mass is 445 g/mol. The summed E-state index contributed by atoms with van der Waals surface area (Å²) in [5, 5.41) is 5.25. The molecule has 4 rings (SSSR count). The standard InChI is InChI=1S/C25H30F3N3O/c1-18-13-19(24-20(14-18)15-31(29-24)16-23(27)28)7-12-32-17-25(8-10-30(2)11-9-25)21-3-5-22(26)6-4-21/h3-6,13-15,23H,7-12,16-17H2,1-2H3. The molecule has 1 aliphatic rings. The molecule has 0 bridgehead atoms. The van der Waals surface area contributed by atoms with Crippen molar-refractivity contribution in [2.24, 2.45) is 0 Å². The smallest absolute Gasteiger partial charge is 0.257 e. The number of aryl methyl sites for hydroxylation is 1. The number of likely N-dealkylation sites (tertiary alicyclic amines) is 1. The van der Waals surface area contributed by atoms with Crippen molar-refractivity contribution in [1.82, 2.24) is 14.7 Å². The topological polar surface area (TPSA) is 30.3 Å². The predicted molar refractivity (Wildman–Crippen MR) is 120 cm³/mol. The highest BCUT2D eigenvalue weighted by Crippen LogP contribution is 2.36. The van der Waals surface area contributed by atoms with Gasteiger partial charge in [0.1, 0.15) is 12.4 Å². The Kier molecular flexibility index (Phi) is 6.86. The Morgan fingerprint density at radius 1 is 1.12 bits per heavy atom. The lowest BCUT2D eigenvalue weighted by Gasteiger charge is -2.41. The van der Waals surface area contributed by atoms with Crippen LogP contribution in [0.15, 0.2) is 42.6 Å². The Bertz CT molecular complexity index is 1040. The van der Waals surface area contributed by atoms with E-state index in [0.717, 1.165) is 53.5 Å². The van der Waals surface area contributed by atoms with Crippen molar-refractivity contribution in [2.45, 2.75) is 44.6 Å². The zero-order chi connectivity index (χ0) is 22.7. The Labute approximate surface area is 187 Å². The van der Waals surface area contributed by atoms with Gasteiger partial charge in [-0.1, -0.05) is 23.8 Å². The fourth-order valence-electron chi connectivity index (χ4n) is 4.66. The third-order valence-electron chi connectivity index (χ3n) is 6.50. The van der Waals surface area contributed by atoms with Crippen molar-refractivity contribution < 1.29 is 17.9 Å². The highest BCUT2D eigenvalue weighted by molar-refractivity contribution is 5.82. The van der Waals surface area contributed by atoms with Gasteiger partial charge in [0.2, 0.25) is 0 Å². The van der Waals surface area contributed by atoms with Crippen molar-refractivity contribution in [3.05, 3.63) is 65.1 Å². The van der Waals surface area contributed by atoms with Crippen LogP contribution in [0.1, 0.15) is 29.5 Å². The maximum Gasteiger partial charge on any atom is 0.257 e. The molecule has 172 valence electrons. The van der Waals surface area contributed by atoms with Crippen LogP contribution < -0.4 is 0 Å². The summed E-state index contributed by atoms with van der Waals surface area (Å²) in [7, 11) is 2.12. The van der Waals surface area contributed by atoms with Crippen LogP contribution in [-0.2, 0) is 23.1 Å². The van der Waals surface area contributed by atoms with E-state index in [-0.39, 0.29) is 11.2 Å². The maximum atomic E-state index is 13.5. The molecule has 0 radical (unpaired) electrons. The van der Waals surface area contributed by atoms with Gasteiger partial charge in [-0.2, -0.15) is 5.10 Å². The van der Waals surface area contributed by atoms with E-state index in [1.807, 2.05) is 25.1 Å². The molecule has 0 saturated carbocycles. The average Bonchev–Trinajstić information content (AvgIpc) is 3.14. The molecule has 7 heteroatoms. The fraction of sp³-hybridized carbons (Fsp3) is 0.480. The lowest BCUT2D eigenvalue weighted by atomic mass is 9.73. The summed E-state index contributed by atoms with van der Waals surface area (Å²) in [5.74, 6) is -0.229. The molecule has 0 spiro atoms. The summed E-state index contributed by atoms with van der Waals surface area (Å²) < 4.78 is 46.5. The Balaban J connectivity index is 1.45. The van der Waals surface area contributed by atoms with Crippen molar-refractivity contribution in [3.63, 3.8) is 0 Å². The van der Waals surface area contributed by atoms with Crippen LogP contribution in [0.5, 0.6) is 0 Å². The van der Waals surface area contributed by atoms with E-state index in [1.165, 1.54) is 16.8 Å². The average molecular weight is 446 g/mol. The van der Waals surface area contributed by atoms with E-state index in [4.69, 9.17) is 4.74 Å². The third kappa shape index (κ3) is 5.15. The number of piperidine rings is 1. The van der Waals surface area contributed by atoms with Gasteiger partial charge in [0.15, 0.2) is 0 Å². The summed E-state index contributed by atoms with van der Waals surface area (Å²) >= 11 is 0. The number of rotatable bonds is 8. The number of fused-ring (bicyclic) bond motifs is 1. The number of aromatic nitrogens is 2. The summed E-state index contributed by atoms with van der Waals surface area (Å²) in [6.07, 6.45) is 1.82. The summed E-state index contributed by atoms with van der Waals surface area (Å²) in [5.41, 5.74) is 3.83. The van der Waals surface area contributed by atoms with Gasteiger partial charge in [-0.05, 0) is 75.6 Å². The summed E-state index contributed by atoms with van der Waals surface area (Å²) in [4.78, 5) is 2.31. The number of nitrogens with zero attached hydrogens (tertiary/aromatic N) is 3. The second-order valence-corrected chi connectivity index (χ2v) is 9.00. The maximum absolute atomic E-state index is 13.5. The normalized spacial score (nSPS) is 16.8. The van der Waals surface area contributed by atoms with Gasteiger partial charge in [-0.25, -0.2) is 13.2 Å². The lowest BCUT2D eigenvalue weighted by Crippen LogP contribution is -2.44. The first-order valence-electron chi connectivity index (χ1n) is 11.1. The van der Waals surface area contributed by atoms with Crippen LogP contribution in [0, 0.1) is 12.7 Å². The number of hydrogen-bond donors (Lipinski definition) is 0. The van der Waals surface area contributed by atoms with Crippen LogP contribution in [0.4, 0.5) is 13.2 Å². The molecule has 0 atom stereocenters. The minimum atomic E-state index is -2.44. The van der Waals surface area contributed by atoms with Gasteiger partial charge in [-0.3, -0.25) is 4.68 Å².